The maximum absolute atomic E-state index is 4.27. The maximum Gasteiger partial charge on any atom is 2.00 e. The first-order valence-electron chi connectivity index (χ1n) is 7.26. The van der Waals surface area contributed by atoms with Crippen molar-refractivity contribution in [1.82, 2.24) is 19.6 Å². The summed E-state index contributed by atoms with van der Waals surface area (Å²) in [6.07, 6.45) is 5.57. The van der Waals surface area contributed by atoms with Crippen LogP contribution in [-0.2, 0) is 28.1 Å². The van der Waals surface area contributed by atoms with Gasteiger partial charge in [0, 0.05) is 31.3 Å². The molecule has 2 aromatic heterocycles. The Kier molecular flexibility index (Phi) is 6.71. The normalized spacial score (nSPS) is 9.54. The smallest absolute Gasteiger partial charge is 0.285 e. The fourth-order valence-corrected chi connectivity index (χ4v) is 2.05. The average Bonchev–Trinajstić information content (AvgIpc) is 3.29. The van der Waals surface area contributed by atoms with Crippen LogP contribution in [0.25, 0.3) is 16.9 Å². The molecule has 122 valence electrons. The summed E-state index contributed by atoms with van der Waals surface area (Å²) in [5, 5.41) is 8.34. The molecule has 0 atom stereocenters. The second kappa shape index (κ2) is 8.99. The second-order valence-corrected chi connectivity index (χ2v) is 4.85. The standard InChI is InChI=1S/C10H9N2.C9H7N2.Pt/c1-12-8-7-10(11-12)9-5-3-2-4-6-9;1-2-5-9(6-3-1)11-8-4-7-10-11;/h2-5,7-8H,1H3;1-5,7-8H;/q2*-1;+2. The predicted molar refractivity (Wildman–Crippen MR) is 89.9 cm³/mol. The van der Waals surface area contributed by atoms with Crippen molar-refractivity contribution in [2.45, 2.75) is 0 Å². The topological polar surface area (TPSA) is 35.6 Å². The number of rotatable bonds is 2. The third-order valence-electron chi connectivity index (χ3n) is 3.14. The van der Waals surface area contributed by atoms with Gasteiger partial charge in [0.1, 0.15) is 0 Å². The van der Waals surface area contributed by atoms with Gasteiger partial charge < -0.3 is 0 Å². The molecule has 0 N–H and O–H groups in total. The molecule has 0 aliphatic carbocycles. The zero-order chi connectivity index (χ0) is 15.9. The number of aromatic nitrogens is 4. The molecular formula is C19H16N4Pt. The van der Waals surface area contributed by atoms with E-state index in [-0.39, 0.29) is 21.1 Å². The minimum atomic E-state index is 0. The molecule has 0 radical (unpaired) electrons. The molecule has 5 heteroatoms. The van der Waals surface area contributed by atoms with Crippen LogP contribution in [0.5, 0.6) is 0 Å². The van der Waals surface area contributed by atoms with Crippen molar-refractivity contribution < 1.29 is 21.1 Å². The molecule has 24 heavy (non-hydrogen) atoms. The van der Waals surface area contributed by atoms with Gasteiger partial charge in [0.25, 0.3) is 0 Å². The molecule has 2 heterocycles. The quantitative estimate of drug-likeness (QED) is 0.399. The van der Waals surface area contributed by atoms with E-state index in [0.29, 0.717) is 0 Å². The summed E-state index contributed by atoms with van der Waals surface area (Å²) in [4.78, 5) is 0. The fourth-order valence-electron chi connectivity index (χ4n) is 2.05. The summed E-state index contributed by atoms with van der Waals surface area (Å²) in [7, 11) is 1.91. The van der Waals surface area contributed by atoms with Gasteiger partial charge in [0.15, 0.2) is 0 Å². The molecule has 4 aromatic rings. The maximum atomic E-state index is 4.27. The number of hydrogen-bond acceptors (Lipinski definition) is 2. The van der Waals surface area contributed by atoms with Gasteiger partial charge in [0.05, 0.1) is 0 Å². The van der Waals surface area contributed by atoms with E-state index in [0.717, 1.165) is 16.9 Å². The molecule has 0 unspecified atom stereocenters. The summed E-state index contributed by atoms with van der Waals surface area (Å²) in [5.41, 5.74) is 2.98. The first-order chi connectivity index (χ1) is 11.3. The van der Waals surface area contributed by atoms with Crippen molar-refractivity contribution in [1.29, 1.82) is 0 Å². The van der Waals surface area contributed by atoms with Crippen LogP contribution in [0.4, 0.5) is 0 Å². The van der Waals surface area contributed by atoms with Gasteiger partial charge in [-0.2, -0.15) is 29.4 Å². The van der Waals surface area contributed by atoms with E-state index < -0.39 is 0 Å². The van der Waals surface area contributed by atoms with E-state index in [4.69, 9.17) is 0 Å². The molecule has 0 amide bonds. The number of hydrogen-bond donors (Lipinski definition) is 0. The van der Waals surface area contributed by atoms with Gasteiger partial charge in [-0.1, -0.05) is 6.07 Å². The van der Waals surface area contributed by atoms with Crippen molar-refractivity contribution in [2.75, 3.05) is 0 Å². The van der Waals surface area contributed by atoms with Crippen molar-refractivity contribution in [3.8, 4) is 16.9 Å². The summed E-state index contributed by atoms with van der Waals surface area (Å²) < 4.78 is 3.57. The van der Waals surface area contributed by atoms with Crippen molar-refractivity contribution in [2.24, 2.45) is 7.05 Å². The third kappa shape index (κ3) is 4.77. The number of aryl methyl sites for hydroxylation is 1. The summed E-state index contributed by atoms with van der Waals surface area (Å²) in [6.45, 7) is 0. The number of para-hydroxylation sites is 1. The van der Waals surface area contributed by atoms with Crippen molar-refractivity contribution in [3.63, 3.8) is 0 Å². The minimum Gasteiger partial charge on any atom is -0.285 e. The van der Waals surface area contributed by atoms with Gasteiger partial charge in [-0.05, 0) is 11.8 Å². The Balaban J connectivity index is 0.000000167. The molecular weight excluding hydrogens is 479 g/mol. The first kappa shape index (κ1) is 17.9. The van der Waals surface area contributed by atoms with Crippen LogP contribution in [0.1, 0.15) is 0 Å². The molecule has 0 saturated carbocycles. The fraction of sp³-hybridized carbons (Fsp3) is 0.0526. The Hall–Kier alpha value is -2.45. The molecule has 0 saturated heterocycles. The summed E-state index contributed by atoms with van der Waals surface area (Å²) in [5.74, 6) is 0. The van der Waals surface area contributed by atoms with E-state index in [1.54, 1.807) is 15.6 Å². The Labute approximate surface area is 156 Å². The predicted octanol–water partition coefficient (Wildman–Crippen LogP) is 3.56. The van der Waals surface area contributed by atoms with Gasteiger partial charge in [-0.25, -0.2) is 5.10 Å². The molecule has 0 fully saturated rings. The van der Waals surface area contributed by atoms with Crippen LogP contribution in [0.2, 0.25) is 0 Å². The van der Waals surface area contributed by atoms with Crippen molar-refractivity contribution >= 4 is 0 Å². The van der Waals surface area contributed by atoms with Crippen LogP contribution in [0.15, 0.2) is 79.3 Å². The molecule has 4 nitrogen and oxygen atoms in total. The molecule has 4 rings (SSSR count). The van der Waals surface area contributed by atoms with Crippen LogP contribution >= 0.6 is 0 Å². The number of benzene rings is 2. The van der Waals surface area contributed by atoms with E-state index in [2.05, 4.69) is 22.3 Å². The first-order valence-corrected chi connectivity index (χ1v) is 7.26. The third-order valence-corrected chi connectivity index (χ3v) is 3.14. The zero-order valence-electron chi connectivity index (χ0n) is 13.1. The van der Waals surface area contributed by atoms with Gasteiger partial charge in [-0.15, -0.1) is 42.0 Å². The molecule has 0 aliphatic heterocycles. The largest absolute Gasteiger partial charge is 2.00 e. The number of nitrogens with zero attached hydrogens (tertiary/aromatic N) is 4. The van der Waals surface area contributed by atoms with Crippen LogP contribution < -0.4 is 0 Å². The summed E-state index contributed by atoms with van der Waals surface area (Å²) >= 11 is 0. The van der Waals surface area contributed by atoms with Gasteiger partial charge in [0.2, 0.25) is 0 Å². The SMILES string of the molecule is Cn1ccc(-c2[c-]cccc2)n1.[Pt+2].[c-]1ccccc1-n1cccn1. The van der Waals surface area contributed by atoms with Gasteiger partial charge >= 0.3 is 21.1 Å². The molecule has 0 aliphatic rings. The Bertz CT molecular complexity index is 824. The molecule has 0 bridgehead atoms. The Morgan fingerprint density at radius 2 is 1.67 bits per heavy atom. The average molecular weight is 495 g/mol. The molecule has 0 spiro atoms. The monoisotopic (exact) mass is 495 g/mol. The van der Waals surface area contributed by atoms with E-state index in [9.17, 15) is 0 Å². The van der Waals surface area contributed by atoms with Gasteiger partial charge in [-0.3, -0.25) is 9.36 Å². The second-order valence-electron chi connectivity index (χ2n) is 4.85. The Morgan fingerprint density at radius 1 is 0.875 bits per heavy atom. The van der Waals surface area contributed by atoms with Crippen molar-refractivity contribution in [3.05, 3.63) is 91.4 Å². The van der Waals surface area contributed by atoms with Crippen LogP contribution in [-0.4, -0.2) is 19.6 Å². The van der Waals surface area contributed by atoms with Crippen LogP contribution in [0.3, 0.4) is 0 Å². The minimum absolute atomic E-state index is 0. The van der Waals surface area contributed by atoms with Crippen LogP contribution in [0, 0.1) is 12.1 Å². The van der Waals surface area contributed by atoms with E-state index in [1.165, 1.54) is 0 Å². The molecule has 2 aromatic carbocycles. The van der Waals surface area contributed by atoms with E-state index in [1.807, 2.05) is 80.1 Å². The van der Waals surface area contributed by atoms with E-state index >= 15 is 0 Å². The summed E-state index contributed by atoms with van der Waals surface area (Å²) in [6, 6.07) is 25.6. The zero-order valence-corrected chi connectivity index (χ0v) is 15.4. The Morgan fingerprint density at radius 3 is 2.21 bits per heavy atom.